The van der Waals surface area contributed by atoms with Gasteiger partial charge in [0.05, 0.1) is 17.9 Å². The first kappa shape index (κ1) is 14.6. The Morgan fingerprint density at radius 2 is 2.25 bits per heavy atom. The van der Waals surface area contributed by atoms with Gasteiger partial charge in [0, 0.05) is 14.1 Å². The van der Waals surface area contributed by atoms with Crippen LogP contribution in [0.3, 0.4) is 0 Å². The van der Waals surface area contributed by atoms with Gasteiger partial charge in [0.15, 0.2) is 4.67 Å². The van der Waals surface area contributed by atoms with Gasteiger partial charge in [0.2, 0.25) is 0 Å². The molecule has 2 N–H and O–H groups in total. The third kappa shape index (κ3) is 2.72. The fraction of sp³-hybridized carbons (Fsp3) is 0.385. The maximum Gasteiger partial charge on any atom is 0.274 e. The number of rotatable bonds is 4. The second kappa shape index (κ2) is 5.70. The molecule has 2 heterocycles. The van der Waals surface area contributed by atoms with Gasteiger partial charge in [-0.05, 0) is 34.5 Å². The van der Waals surface area contributed by atoms with Gasteiger partial charge in [-0.3, -0.25) is 9.48 Å². The van der Waals surface area contributed by atoms with Crippen LogP contribution in [0.25, 0.3) is 0 Å². The van der Waals surface area contributed by atoms with Crippen molar-refractivity contribution in [3.63, 3.8) is 0 Å². The van der Waals surface area contributed by atoms with Crippen LogP contribution in [0.15, 0.2) is 21.2 Å². The third-order valence-corrected chi connectivity index (χ3v) is 3.49. The van der Waals surface area contributed by atoms with Crippen LogP contribution in [0, 0.1) is 0 Å². The molecule has 2 rings (SSSR count). The number of furan rings is 1. The van der Waals surface area contributed by atoms with Gasteiger partial charge in [0.1, 0.15) is 11.5 Å². The molecule has 2 aromatic heterocycles. The average Bonchev–Trinajstić information content (AvgIpc) is 2.92. The molecule has 0 unspecified atom stereocenters. The molecule has 7 heteroatoms. The number of aryl methyl sites for hydroxylation is 2. The summed E-state index contributed by atoms with van der Waals surface area (Å²) in [5, 5.41) is 4.26. The molecule has 0 fully saturated rings. The molecule has 0 radical (unpaired) electrons. The molecule has 1 amide bonds. The highest BCUT2D eigenvalue weighted by Crippen LogP contribution is 2.20. The minimum atomic E-state index is -0.176. The van der Waals surface area contributed by atoms with E-state index in [4.69, 9.17) is 10.2 Å². The lowest BCUT2D eigenvalue weighted by atomic mass is 10.2. The molecule has 20 heavy (non-hydrogen) atoms. The fourth-order valence-electron chi connectivity index (χ4n) is 2.03. The van der Waals surface area contributed by atoms with Gasteiger partial charge < -0.3 is 15.1 Å². The number of hydrogen-bond acceptors (Lipinski definition) is 4. The summed E-state index contributed by atoms with van der Waals surface area (Å²) >= 11 is 3.24. The average molecular weight is 341 g/mol. The van der Waals surface area contributed by atoms with Gasteiger partial charge in [-0.15, -0.1) is 0 Å². The Hall–Kier alpha value is -1.76. The van der Waals surface area contributed by atoms with Crippen LogP contribution >= 0.6 is 15.9 Å². The highest BCUT2D eigenvalue weighted by Gasteiger charge is 2.22. The van der Waals surface area contributed by atoms with Crippen LogP contribution in [0.4, 0.5) is 5.69 Å². The van der Waals surface area contributed by atoms with Gasteiger partial charge in [-0.25, -0.2) is 0 Å². The smallest absolute Gasteiger partial charge is 0.274 e. The van der Waals surface area contributed by atoms with E-state index in [-0.39, 0.29) is 5.91 Å². The number of aromatic nitrogens is 2. The molecular formula is C13H17BrN4O2. The highest BCUT2D eigenvalue weighted by atomic mass is 79.9. The Labute approximate surface area is 125 Å². The van der Waals surface area contributed by atoms with Crippen LogP contribution in [-0.2, 0) is 20.0 Å². The Kier molecular flexibility index (Phi) is 4.17. The summed E-state index contributed by atoms with van der Waals surface area (Å²) in [7, 11) is 3.43. The van der Waals surface area contributed by atoms with E-state index >= 15 is 0 Å². The largest absolute Gasteiger partial charge is 0.452 e. The molecule has 0 aliphatic heterocycles. The molecule has 0 spiro atoms. The summed E-state index contributed by atoms with van der Waals surface area (Å²) in [6, 6.07) is 3.61. The van der Waals surface area contributed by atoms with Crippen molar-refractivity contribution in [1.82, 2.24) is 14.7 Å². The Bertz CT molecular complexity index is 632. The molecule has 108 valence electrons. The van der Waals surface area contributed by atoms with E-state index in [0.717, 1.165) is 5.69 Å². The number of nitrogen functional groups attached to an aromatic ring is 1. The second-order valence-electron chi connectivity index (χ2n) is 4.55. The summed E-state index contributed by atoms with van der Waals surface area (Å²) in [5.74, 6) is 0.522. The predicted molar refractivity (Wildman–Crippen MR) is 79.2 cm³/mol. The van der Waals surface area contributed by atoms with Crippen molar-refractivity contribution in [3.8, 4) is 0 Å². The molecule has 6 nitrogen and oxygen atoms in total. The van der Waals surface area contributed by atoms with Crippen molar-refractivity contribution >= 4 is 27.5 Å². The molecule has 0 atom stereocenters. The third-order valence-electron chi connectivity index (χ3n) is 3.07. The molecule has 2 aromatic rings. The molecule has 0 saturated heterocycles. The molecule has 0 aromatic carbocycles. The van der Waals surface area contributed by atoms with E-state index in [2.05, 4.69) is 21.0 Å². The number of carbonyl (C=O) groups is 1. The summed E-state index contributed by atoms with van der Waals surface area (Å²) in [5.41, 5.74) is 7.59. The van der Waals surface area contributed by atoms with Gasteiger partial charge in [-0.1, -0.05) is 6.92 Å². The Morgan fingerprint density at radius 3 is 2.75 bits per heavy atom. The van der Waals surface area contributed by atoms with Crippen LogP contribution in [0.2, 0.25) is 0 Å². The summed E-state index contributed by atoms with van der Waals surface area (Å²) in [4.78, 5) is 14.0. The molecule has 0 saturated carbocycles. The predicted octanol–water partition coefficient (Wildman–Crippen LogP) is 2.19. The first-order chi connectivity index (χ1) is 9.43. The van der Waals surface area contributed by atoms with Crippen LogP contribution in [0.5, 0.6) is 0 Å². The summed E-state index contributed by atoms with van der Waals surface area (Å²) in [6.45, 7) is 2.33. The topological polar surface area (TPSA) is 77.3 Å². The first-order valence-electron chi connectivity index (χ1n) is 6.25. The van der Waals surface area contributed by atoms with E-state index in [9.17, 15) is 4.79 Å². The number of carbonyl (C=O) groups excluding carboxylic acids is 1. The van der Waals surface area contributed by atoms with Crippen LogP contribution < -0.4 is 5.73 Å². The van der Waals surface area contributed by atoms with Crippen molar-refractivity contribution in [2.75, 3.05) is 12.8 Å². The maximum atomic E-state index is 12.5. The molecule has 0 aliphatic rings. The van der Waals surface area contributed by atoms with E-state index in [1.165, 1.54) is 4.68 Å². The highest BCUT2D eigenvalue weighted by molar-refractivity contribution is 9.10. The Balaban J connectivity index is 2.20. The van der Waals surface area contributed by atoms with Crippen molar-refractivity contribution in [1.29, 1.82) is 0 Å². The number of hydrogen-bond donors (Lipinski definition) is 1. The lowest BCUT2D eigenvalue weighted by Gasteiger charge is -2.16. The molecule has 0 bridgehead atoms. The summed E-state index contributed by atoms with van der Waals surface area (Å²) in [6.07, 6.45) is 0.696. The van der Waals surface area contributed by atoms with Gasteiger partial charge in [0.25, 0.3) is 5.91 Å². The van der Waals surface area contributed by atoms with Crippen LogP contribution in [0.1, 0.15) is 28.9 Å². The summed E-state index contributed by atoms with van der Waals surface area (Å²) < 4.78 is 7.57. The van der Waals surface area contributed by atoms with E-state index in [0.29, 0.717) is 34.8 Å². The number of anilines is 1. The normalized spacial score (nSPS) is 10.8. The SMILES string of the molecule is CCc1nn(C)c(C(=O)N(C)Cc2ccc(Br)o2)c1N. The number of halogens is 1. The minimum Gasteiger partial charge on any atom is -0.452 e. The van der Waals surface area contributed by atoms with Crippen molar-refractivity contribution < 1.29 is 9.21 Å². The lowest BCUT2D eigenvalue weighted by Crippen LogP contribution is -2.28. The fourth-order valence-corrected chi connectivity index (χ4v) is 2.37. The quantitative estimate of drug-likeness (QED) is 0.925. The zero-order chi connectivity index (χ0) is 14.9. The standard InChI is InChI=1S/C13H17BrN4O2/c1-4-9-11(15)12(18(3)16-9)13(19)17(2)7-8-5-6-10(14)20-8/h5-6H,4,7,15H2,1-3H3. The lowest BCUT2D eigenvalue weighted by molar-refractivity contribution is 0.0765. The Morgan fingerprint density at radius 1 is 1.55 bits per heavy atom. The monoisotopic (exact) mass is 340 g/mol. The maximum absolute atomic E-state index is 12.5. The zero-order valence-corrected chi connectivity index (χ0v) is 13.3. The van der Waals surface area contributed by atoms with E-state index < -0.39 is 0 Å². The van der Waals surface area contributed by atoms with Gasteiger partial charge >= 0.3 is 0 Å². The van der Waals surface area contributed by atoms with Crippen molar-refractivity contribution in [2.45, 2.75) is 19.9 Å². The molecule has 0 aliphatic carbocycles. The number of nitrogens with zero attached hydrogens (tertiary/aromatic N) is 3. The minimum absolute atomic E-state index is 0.176. The van der Waals surface area contributed by atoms with Crippen LogP contribution in [-0.4, -0.2) is 27.6 Å². The van der Waals surface area contributed by atoms with E-state index in [1.807, 2.05) is 13.0 Å². The van der Waals surface area contributed by atoms with E-state index in [1.54, 1.807) is 25.1 Å². The van der Waals surface area contributed by atoms with Crippen molar-refractivity contribution in [3.05, 3.63) is 34.0 Å². The number of nitrogens with two attached hydrogens (primary N) is 1. The first-order valence-corrected chi connectivity index (χ1v) is 7.04. The van der Waals surface area contributed by atoms with Gasteiger partial charge in [-0.2, -0.15) is 5.10 Å². The number of amides is 1. The van der Waals surface area contributed by atoms with Crippen molar-refractivity contribution in [2.24, 2.45) is 7.05 Å². The molecular weight excluding hydrogens is 324 g/mol. The second-order valence-corrected chi connectivity index (χ2v) is 5.33. The zero-order valence-electron chi connectivity index (χ0n) is 11.7.